The van der Waals surface area contributed by atoms with Crippen molar-refractivity contribution in [1.82, 2.24) is 9.97 Å². The maximum absolute atomic E-state index is 12.3. The van der Waals surface area contributed by atoms with Crippen LogP contribution in [0.3, 0.4) is 0 Å². The van der Waals surface area contributed by atoms with Crippen LogP contribution in [-0.4, -0.2) is 22.5 Å². The van der Waals surface area contributed by atoms with Gasteiger partial charge in [-0.25, -0.2) is 9.97 Å². The molecule has 32 heavy (non-hydrogen) atoms. The molecule has 4 rings (SSSR count). The summed E-state index contributed by atoms with van der Waals surface area (Å²) in [7, 11) is 0. The van der Waals surface area contributed by atoms with Crippen molar-refractivity contribution in [1.29, 1.82) is 0 Å². The summed E-state index contributed by atoms with van der Waals surface area (Å²) in [6.45, 7) is 2.18. The summed E-state index contributed by atoms with van der Waals surface area (Å²) in [6.07, 6.45) is 0.262. The average molecular weight is 425 g/mol. The van der Waals surface area contributed by atoms with Crippen LogP contribution in [-0.2, 0) is 4.79 Å². The van der Waals surface area contributed by atoms with Crippen LogP contribution in [0.15, 0.2) is 91.0 Å². The van der Waals surface area contributed by atoms with E-state index in [-0.39, 0.29) is 12.3 Å². The summed E-state index contributed by atoms with van der Waals surface area (Å²) in [5, 5.41) is 6.22. The molecular weight excluding hydrogens is 400 g/mol. The van der Waals surface area contributed by atoms with Gasteiger partial charge in [0.05, 0.1) is 18.7 Å². The molecule has 1 aromatic heterocycles. The summed E-state index contributed by atoms with van der Waals surface area (Å²) in [4.78, 5) is 21.3. The molecule has 4 aromatic rings. The number of carbonyl (C=O) groups excluding carboxylic acids is 1. The van der Waals surface area contributed by atoms with Crippen molar-refractivity contribution in [2.75, 3.05) is 17.2 Å². The van der Waals surface area contributed by atoms with Crippen LogP contribution in [0.25, 0.3) is 11.3 Å². The number of benzene rings is 3. The zero-order chi connectivity index (χ0) is 22.2. The van der Waals surface area contributed by atoms with Gasteiger partial charge in [-0.3, -0.25) is 4.79 Å². The van der Waals surface area contributed by atoms with Crippen LogP contribution in [0.1, 0.15) is 12.2 Å². The number of anilines is 3. The molecule has 0 aliphatic heterocycles. The molecule has 0 spiro atoms. The van der Waals surface area contributed by atoms with E-state index in [9.17, 15) is 4.79 Å². The van der Waals surface area contributed by atoms with Gasteiger partial charge in [0, 0.05) is 23.0 Å². The summed E-state index contributed by atoms with van der Waals surface area (Å²) in [6, 6.07) is 28.9. The molecule has 0 aliphatic carbocycles. The van der Waals surface area contributed by atoms with E-state index in [0.29, 0.717) is 23.9 Å². The van der Waals surface area contributed by atoms with Gasteiger partial charge >= 0.3 is 0 Å². The number of aromatic nitrogens is 2. The van der Waals surface area contributed by atoms with E-state index in [1.54, 1.807) is 0 Å². The third kappa shape index (κ3) is 5.92. The second-order valence-electron chi connectivity index (χ2n) is 7.22. The molecule has 0 atom stereocenters. The normalized spacial score (nSPS) is 10.4. The van der Waals surface area contributed by atoms with Crippen molar-refractivity contribution < 1.29 is 9.53 Å². The number of para-hydroxylation sites is 1. The van der Waals surface area contributed by atoms with Crippen molar-refractivity contribution >= 4 is 23.1 Å². The molecule has 0 unspecified atom stereocenters. The fraction of sp³-hybridized carbons (Fsp3) is 0.115. The maximum Gasteiger partial charge on any atom is 0.227 e. The van der Waals surface area contributed by atoms with E-state index in [1.807, 2.05) is 97.9 Å². The van der Waals surface area contributed by atoms with Crippen LogP contribution in [0.5, 0.6) is 5.75 Å². The molecule has 0 bridgehead atoms. The summed E-state index contributed by atoms with van der Waals surface area (Å²) in [5.41, 5.74) is 3.40. The SMILES string of the molecule is Cc1nc(Nc2cccc(NC(=O)CCOc3ccccc3)c2)cc(-c2ccccc2)n1. The van der Waals surface area contributed by atoms with E-state index < -0.39 is 0 Å². The smallest absolute Gasteiger partial charge is 0.227 e. The second kappa shape index (κ2) is 10.2. The molecule has 0 fully saturated rings. The second-order valence-corrected chi connectivity index (χ2v) is 7.22. The number of carbonyl (C=O) groups is 1. The Bertz CT molecular complexity index is 1180. The van der Waals surface area contributed by atoms with Crippen molar-refractivity contribution in [2.24, 2.45) is 0 Å². The molecule has 0 aliphatic rings. The largest absolute Gasteiger partial charge is 0.493 e. The van der Waals surface area contributed by atoms with Gasteiger partial charge in [0.15, 0.2) is 0 Å². The van der Waals surface area contributed by atoms with E-state index in [0.717, 1.165) is 22.7 Å². The van der Waals surface area contributed by atoms with Gasteiger partial charge in [0.1, 0.15) is 17.4 Å². The first kappa shape index (κ1) is 21.1. The molecule has 6 heteroatoms. The number of rotatable bonds is 8. The Morgan fingerprint density at radius 2 is 1.56 bits per heavy atom. The molecule has 2 N–H and O–H groups in total. The van der Waals surface area contributed by atoms with Crippen LogP contribution in [0.2, 0.25) is 0 Å². The van der Waals surface area contributed by atoms with Crippen molar-refractivity contribution in [3.05, 3.63) is 96.8 Å². The number of nitrogens with one attached hydrogen (secondary N) is 2. The van der Waals surface area contributed by atoms with E-state index in [2.05, 4.69) is 20.6 Å². The van der Waals surface area contributed by atoms with Crippen molar-refractivity contribution in [3.8, 4) is 17.0 Å². The Labute approximate surface area is 187 Å². The predicted octanol–water partition coefficient (Wildman–Crippen LogP) is 5.60. The lowest BCUT2D eigenvalue weighted by Gasteiger charge is -2.11. The lowest BCUT2D eigenvalue weighted by Crippen LogP contribution is -2.15. The number of nitrogens with zero attached hydrogens (tertiary/aromatic N) is 2. The summed E-state index contributed by atoms with van der Waals surface area (Å²) in [5.74, 6) is 2.01. The van der Waals surface area contributed by atoms with Crippen LogP contribution < -0.4 is 15.4 Å². The van der Waals surface area contributed by atoms with Gasteiger partial charge < -0.3 is 15.4 Å². The van der Waals surface area contributed by atoms with Gasteiger partial charge in [-0.15, -0.1) is 0 Å². The van der Waals surface area contributed by atoms with Crippen LogP contribution in [0.4, 0.5) is 17.2 Å². The first-order chi connectivity index (χ1) is 15.7. The highest BCUT2D eigenvalue weighted by Crippen LogP contribution is 2.23. The molecule has 0 radical (unpaired) electrons. The standard InChI is InChI=1S/C26H24N4O2/c1-19-27-24(20-9-4-2-5-10-20)18-25(28-19)29-21-11-8-12-22(17-21)30-26(31)15-16-32-23-13-6-3-7-14-23/h2-14,17-18H,15-16H2,1H3,(H,30,31)(H,27,28,29). The minimum absolute atomic E-state index is 0.109. The highest BCUT2D eigenvalue weighted by Gasteiger charge is 2.07. The Hall–Kier alpha value is -4.19. The maximum atomic E-state index is 12.3. The van der Waals surface area contributed by atoms with Crippen molar-refractivity contribution in [2.45, 2.75) is 13.3 Å². The number of hydrogen-bond acceptors (Lipinski definition) is 5. The molecule has 0 saturated heterocycles. The number of amides is 1. The molecule has 0 saturated carbocycles. The van der Waals surface area contributed by atoms with E-state index in [4.69, 9.17) is 4.74 Å². The monoisotopic (exact) mass is 424 g/mol. The van der Waals surface area contributed by atoms with E-state index >= 15 is 0 Å². The molecule has 6 nitrogen and oxygen atoms in total. The number of hydrogen-bond donors (Lipinski definition) is 2. The van der Waals surface area contributed by atoms with Gasteiger partial charge in [-0.1, -0.05) is 54.6 Å². The molecule has 160 valence electrons. The van der Waals surface area contributed by atoms with Gasteiger partial charge in [0.2, 0.25) is 5.91 Å². The molecule has 1 heterocycles. The first-order valence-electron chi connectivity index (χ1n) is 10.4. The fourth-order valence-electron chi connectivity index (χ4n) is 3.21. The Morgan fingerprint density at radius 1 is 0.844 bits per heavy atom. The Balaban J connectivity index is 1.38. The molecular formula is C26H24N4O2. The highest BCUT2D eigenvalue weighted by molar-refractivity contribution is 5.91. The fourth-order valence-corrected chi connectivity index (χ4v) is 3.21. The first-order valence-corrected chi connectivity index (χ1v) is 10.4. The Morgan fingerprint density at radius 3 is 2.34 bits per heavy atom. The van der Waals surface area contributed by atoms with Gasteiger partial charge in [0.25, 0.3) is 0 Å². The zero-order valence-corrected chi connectivity index (χ0v) is 17.8. The van der Waals surface area contributed by atoms with Crippen molar-refractivity contribution in [3.63, 3.8) is 0 Å². The third-order valence-electron chi connectivity index (χ3n) is 4.67. The lowest BCUT2D eigenvalue weighted by molar-refractivity contribution is -0.116. The van der Waals surface area contributed by atoms with Crippen LogP contribution in [0, 0.1) is 6.92 Å². The quantitative estimate of drug-likeness (QED) is 0.385. The van der Waals surface area contributed by atoms with Gasteiger partial charge in [-0.2, -0.15) is 0 Å². The predicted molar refractivity (Wildman–Crippen MR) is 127 cm³/mol. The topological polar surface area (TPSA) is 76.1 Å². The highest BCUT2D eigenvalue weighted by atomic mass is 16.5. The summed E-state index contributed by atoms with van der Waals surface area (Å²) < 4.78 is 5.59. The minimum Gasteiger partial charge on any atom is -0.493 e. The minimum atomic E-state index is -0.109. The average Bonchev–Trinajstić information content (AvgIpc) is 2.80. The molecule has 3 aromatic carbocycles. The number of ether oxygens (including phenoxy) is 1. The molecule has 1 amide bonds. The number of aryl methyl sites for hydroxylation is 1. The van der Waals surface area contributed by atoms with Gasteiger partial charge in [-0.05, 0) is 37.3 Å². The van der Waals surface area contributed by atoms with Crippen LogP contribution >= 0.6 is 0 Å². The third-order valence-corrected chi connectivity index (χ3v) is 4.67. The zero-order valence-electron chi connectivity index (χ0n) is 17.8. The van der Waals surface area contributed by atoms with E-state index in [1.165, 1.54) is 0 Å². The Kier molecular flexibility index (Phi) is 6.72. The summed E-state index contributed by atoms with van der Waals surface area (Å²) >= 11 is 0. The lowest BCUT2D eigenvalue weighted by atomic mass is 10.1.